The molecule has 0 aromatic heterocycles. The molecule has 0 saturated heterocycles. The Hall–Kier alpha value is -1.00. The summed E-state index contributed by atoms with van der Waals surface area (Å²) >= 11 is 1.54. The van der Waals surface area contributed by atoms with Gasteiger partial charge in [-0.05, 0) is 25.5 Å². The topological polar surface area (TPSA) is 49.3 Å². The Kier molecular flexibility index (Phi) is 5.96. The summed E-state index contributed by atoms with van der Waals surface area (Å²) in [7, 11) is 0. The molecule has 1 unspecified atom stereocenters. The number of amides is 1. The number of carbonyl (C=O) groups excluding carboxylic acids is 1. The normalized spacial score (nSPS) is 12.1. The van der Waals surface area contributed by atoms with Gasteiger partial charge in [0.1, 0.15) is 0 Å². The molecule has 0 saturated carbocycles. The van der Waals surface area contributed by atoms with Gasteiger partial charge in [-0.3, -0.25) is 4.79 Å². The number of aliphatic hydroxyl groups excluding tert-OH is 1. The summed E-state index contributed by atoms with van der Waals surface area (Å²) in [5.41, 5.74) is 0. The Morgan fingerprint density at radius 3 is 2.75 bits per heavy atom. The number of nitrogens with one attached hydrogen (secondary N) is 1. The lowest BCUT2D eigenvalue weighted by molar-refractivity contribution is -0.120. The molecular formula is C12H17NO2S. The molecule has 1 atom stereocenters. The zero-order chi connectivity index (χ0) is 11.8. The van der Waals surface area contributed by atoms with Gasteiger partial charge in [0.15, 0.2) is 0 Å². The molecule has 0 fully saturated rings. The number of hydrogen-bond acceptors (Lipinski definition) is 3. The van der Waals surface area contributed by atoms with Crippen molar-refractivity contribution >= 4 is 17.7 Å². The molecule has 1 rings (SSSR count). The molecule has 1 amide bonds. The first kappa shape index (κ1) is 13.1. The van der Waals surface area contributed by atoms with Crippen LogP contribution < -0.4 is 5.32 Å². The van der Waals surface area contributed by atoms with Gasteiger partial charge >= 0.3 is 0 Å². The van der Waals surface area contributed by atoms with Crippen LogP contribution in [0.1, 0.15) is 13.3 Å². The van der Waals surface area contributed by atoms with Gasteiger partial charge in [0.2, 0.25) is 5.91 Å². The van der Waals surface area contributed by atoms with E-state index in [1.165, 1.54) is 11.8 Å². The molecule has 2 N–H and O–H groups in total. The largest absolute Gasteiger partial charge is 0.396 e. The quantitative estimate of drug-likeness (QED) is 0.586. The molecule has 0 heterocycles. The molecule has 0 bridgehead atoms. The van der Waals surface area contributed by atoms with Crippen LogP contribution in [0.25, 0.3) is 0 Å². The predicted octanol–water partition coefficient (Wildman–Crippen LogP) is 1.67. The first-order valence-electron chi connectivity index (χ1n) is 5.34. The van der Waals surface area contributed by atoms with Crippen molar-refractivity contribution in [1.29, 1.82) is 0 Å². The molecule has 0 spiro atoms. The molecule has 16 heavy (non-hydrogen) atoms. The number of aliphatic hydroxyl groups is 1. The highest BCUT2D eigenvalue weighted by atomic mass is 32.2. The molecular weight excluding hydrogens is 222 g/mol. The zero-order valence-electron chi connectivity index (χ0n) is 9.35. The van der Waals surface area contributed by atoms with Gasteiger partial charge in [0.25, 0.3) is 0 Å². The van der Waals surface area contributed by atoms with Crippen molar-refractivity contribution in [2.24, 2.45) is 0 Å². The number of hydrogen-bond donors (Lipinski definition) is 2. The highest BCUT2D eigenvalue weighted by molar-refractivity contribution is 8.00. The van der Waals surface area contributed by atoms with Gasteiger partial charge in [-0.15, -0.1) is 11.8 Å². The molecule has 4 heteroatoms. The fourth-order valence-electron chi connectivity index (χ4n) is 1.19. The third kappa shape index (κ3) is 4.68. The number of rotatable bonds is 6. The van der Waals surface area contributed by atoms with Crippen molar-refractivity contribution in [2.75, 3.05) is 13.2 Å². The molecule has 0 radical (unpaired) electrons. The van der Waals surface area contributed by atoms with Crippen LogP contribution in [0.4, 0.5) is 0 Å². The molecule has 88 valence electrons. The maximum Gasteiger partial charge on any atom is 0.233 e. The van der Waals surface area contributed by atoms with Crippen molar-refractivity contribution in [3.8, 4) is 0 Å². The maximum atomic E-state index is 11.6. The number of benzene rings is 1. The van der Waals surface area contributed by atoms with Crippen LogP contribution in [-0.2, 0) is 4.79 Å². The summed E-state index contributed by atoms with van der Waals surface area (Å²) in [5, 5.41) is 11.3. The molecule has 1 aromatic carbocycles. The van der Waals surface area contributed by atoms with E-state index in [0.29, 0.717) is 13.0 Å². The Bertz CT molecular complexity index is 316. The maximum absolute atomic E-state index is 11.6. The van der Waals surface area contributed by atoms with E-state index >= 15 is 0 Å². The van der Waals surface area contributed by atoms with Crippen molar-refractivity contribution in [3.63, 3.8) is 0 Å². The third-order valence-electron chi connectivity index (χ3n) is 2.06. The predicted molar refractivity (Wildman–Crippen MR) is 66.5 cm³/mol. The van der Waals surface area contributed by atoms with Gasteiger partial charge in [-0.2, -0.15) is 0 Å². The molecule has 0 aliphatic rings. The van der Waals surface area contributed by atoms with Crippen LogP contribution in [-0.4, -0.2) is 29.4 Å². The third-order valence-corrected chi connectivity index (χ3v) is 3.17. The Morgan fingerprint density at radius 1 is 1.44 bits per heavy atom. The lowest BCUT2D eigenvalue weighted by Gasteiger charge is -2.11. The second kappa shape index (κ2) is 7.30. The summed E-state index contributed by atoms with van der Waals surface area (Å²) in [5.74, 6) is 0.0160. The molecule has 0 aliphatic heterocycles. The van der Waals surface area contributed by atoms with E-state index in [1.807, 2.05) is 37.3 Å². The monoisotopic (exact) mass is 239 g/mol. The van der Waals surface area contributed by atoms with Gasteiger partial charge < -0.3 is 10.4 Å². The van der Waals surface area contributed by atoms with E-state index in [1.54, 1.807) is 0 Å². The van der Waals surface area contributed by atoms with Gasteiger partial charge in [0, 0.05) is 18.0 Å². The van der Waals surface area contributed by atoms with Gasteiger partial charge in [-0.1, -0.05) is 18.2 Å². The fourth-order valence-corrected chi connectivity index (χ4v) is 2.10. The standard InChI is InChI=1S/C12H17NO2S/c1-10(12(15)13-8-5-9-14)16-11-6-3-2-4-7-11/h2-4,6-7,10,14H,5,8-9H2,1H3,(H,13,15). The van der Waals surface area contributed by atoms with Crippen molar-refractivity contribution in [3.05, 3.63) is 30.3 Å². The van der Waals surface area contributed by atoms with E-state index in [0.717, 1.165) is 4.90 Å². The van der Waals surface area contributed by atoms with Crippen molar-refractivity contribution in [2.45, 2.75) is 23.5 Å². The number of thioether (sulfide) groups is 1. The summed E-state index contributed by atoms with van der Waals surface area (Å²) < 4.78 is 0. The van der Waals surface area contributed by atoms with E-state index in [-0.39, 0.29) is 17.8 Å². The minimum atomic E-state index is -0.110. The SMILES string of the molecule is CC(Sc1ccccc1)C(=O)NCCCO. The average molecular weight is 239 g/mol. The fraction of sp³-hybridized carbons (Fsp3) is 0.417. The summed E-state index contributed by atoms with van der Waals surface area (Å²) in [4.78, 5) is 12.7. The van der Waals surface area contributed by atoms with E-state index < -0.39 is 0 Å². The minimum Gasteiger partial charge on any atom is -0.396 e. The Labute approximate surface area is 100 Å². The molecule has 0 aliphatic carbocycles. The zero-order valence-corrected chi connectivity index (χ0v) is 10.2. The van der Waals surface area contributed by atoms with Crippen LogP contribution in [0.3, 0.4) is 0 Å². The Balaban J connectivity index is 2.34. The highest BCUT2D eigenvalue weighted by Crippen LogP contribution is 2.22. The van der Waals surface area contributed by atoms with Crippen molar-refractivity contribution < 1.29 is 9.90 Å². The van der Waals surface area contributed by atoms with Gasteiger partial charge in [-0.25, -0.2) is 0 Å². The second-order valence-electron chi connectivity index (χ2n) is 3.44. The minimum absolute atomic E-state index is 0.0160. The van der Waals surface area contributed by atoms with E-state index in [4.69, 9.17) is 5.11 Å². The average Bonchev–Trinajstić information content (AvgIpc) is 2.30. The summed E-state index contributed by atoms with van der Waals surface area (Å²) in [6.07, 6.45) is 0.606. The van der Waals surface area contributed by atoms with Crippen LogP contribution in [0, 0.1) is 0 Å². The molecule has 1 aromatic rings. The second-order valence-corrected chi connectivity index (χ2v) is 4.86. The molecule has 3 nitrogen and oxygen atoms in total. The summed E-state index contributed by atoms with van der Waals surface area (Å²) in [6.45, 7) is 2.53. The highest BCUT2D eigenvalue weighted by Gasteiger charge is 2.12. The van der Waals surface area contributed by atoms with Crippen LogP contribution in [0.2, 0.25) is 0 Å². The lowest BCUT2D eigenvalue weighted by Crippen LogP contribution is -2.31. The Morgan fingerprint density at radius 2 is 2.12 bits per heavy atom. The van der Waals surface area contributed by atoms with Crippen molar-refractivity contribution in [1.82, 2.24) is 5.32 Å². The van der Waals surface area contributed by atoms with Crippen LogP contribution >= 0.6 is 11.8 Å². The van der Waals surface area contributed by atoms with Crippen LogP contribution in [0.15, 0.2) is 35.2 Å². The van der Waals surface area contributed by atoms with Gasteiger partial charge in [0.05, 0.1) is 5.25 Å². The van der Waals surface area contributed by atoms with E-state index in [9.17, 15) is 4.79 Å². The van der Waals surface area contributed by atoms with Crippen LogP contribution in [0.5, 0.6) is 0 Å². The smallest absolute Gasteiger partial charge is 0.233 e. The first-order chi connectivity index (χ1) is 7.74. The van der Waals surface area contributed by atoms with E-state index in [2.05, 4.69) is 5.32 Å². The summed E-state index contributed by atoms with van der Waals surface area (Å²) in [6, 6.07) is 9.85. The number of carbonyl (C=O) groups is 1. The lowest BCUT2D eigenvalue weighted by atomic mass is 10.4. The first-order valence-corrected chi connectivity index (χ1v) is 6.22.